The number of hydrogen-bond donors (Lipinski definition) is 2. The number of anilines is 1. The molecule has 4 heterocycles. The zero-order chi connectivity index (χ0) is 44.5. The van der Waals surface area contributed by atoms with Crippen LogP contribution in [-0.4, -0.2) is 136 Å². The molecule has 3 saturated heterocycles. The van der Waals surface area contributed by atoms with Crippen LogP contribution in [0.2, 0.25) is 0 Å². The van der Waals surface area contributed by atoms with Crippen LogP contribution in [0.15, 0.2) is 30.5 Å². The van der Waals surface area contributed by atoms with Crippen molar-refractivity contribution < 1.29 is 47.1 Å². The fourth-order valence-corrected chi connectivity index (χ4v) is 9.27. The van der Waals surface area contributed by atoms with Gasteiger partial charge in [0.1, 0.15) is 23.8 Å². The lowest BCUT2D eigenvalue weighted by Gasteiger charge is -2.46. The molecule has 12 atom stereocenters. The summed E-state index contributed by atoms with van der Waals surface area (Å²) in [6, 6.07) is 6.86. The zero-order valence-corrected chi connectivity index (χ0v) is 38.2. The molecular weight excluding hydrogens is 796 g/mol. The maximum atomic E-state index is 14.2. The summed E-state index contributed by atoms with van der Waals surface area (Å²) in [6.07, 6.45) is 3.16. The number of cyclic esters (lactones) is 1. The molecule has 0 spiro atoms. The highest BCUT2D eigenvalue weighted by Gasteiger charge is 2.58. The number of esters is 1. The summed E-state index contributed by atoms with van der Waals surface area (Å²) in [5.74, 6) is -3.13. The number of Topliss-reactive ketones (excluding diaryl/α,β-unsaturated/α-hetero) is 1. The second-order valence-corrected chi connectivity index (χ2v) is 17.6. The number of methoxy groups -OCH3 is 1. The average molecular weight is 865 g/mol. The van der Waals surface area contributed by atoms with Gasteiger partial charge in [0, 0.05) is 61.8 Å². The number of ether oxygens (including phenoxy) is 5. The normalized spacial score (nSPS) is 34.3. The zero-order valence-electron chi connectivity index (χ0n) is 37.3. The second kappa shape index (κ2) is 21.6. The topological polar surface area (TPSA) is 181 Å². The van der Waals surface area contributed by atoms with Gasteiger partial charge < -0.3 is 44.3 Å². The van der Waals surface area contributed by atoms with E-state index in [4.69, 9.17) is 29.4 Å². The van der Waals surface area contributed by atoms with Gasteiger partial charge in [0.05, 0.1) is 30.0 Å². The lowest BCUT2D eigenvalue weighted by Crippen LogP contribution is -2.59. The Bertz CT molecular complexity index is 1720. The number of aromatic nitrogens is 3. The fourth-order valence-electron chi connectivity index (χ4n) is 9.27. The van der Waals surface area contributed by atoms with Crippen molar-refractivity contribution in [3.63, 3.8) is 0 Å². The van der Waals surface area contributed by atoms with E-state index in [9.17, 15) is 23.4 Å². The Morgan fingerprint density at radius 3 is 2.43 bits per heavy atom. The third kappa shape index (κ3) is 11.4. The number of carbonyl (C=O) groups excluding carboxylic acids is 3. The summed E-state index contributed by atoms with van der Waals surface area (Å²) < 4.78 is 43.4. The molecule has 1 aromatic carbocycles. The van der Waals surface area contributed by atoms with E-state index < -0.39 is 65.7 Å². The molecule has 3 N–H and O–H groups in total. The molecule has 3 aliphatic heterocycles. The van der Waals surface area contributed by atoms with E-state index in [1.807, 2.05) is 77.2 Å². The van der Waals surface area contributed by atoms with E-state index in [0.717, 1.165) is 17.7 Å². The number of nitrogens with two attached hydrogens (primary N) is 1. The van der Waals surface area contributed by atoms with Gasteiger partial charge >= 0.3 is 12.1 Å². The Morgan fingerprint density at radius 1 is 1.12 bits per heavy atom. The molecule has 3 unspecified atom stereocenters. The molecule has 15 nitrogen and oxygen atoms in total. The van der Waals surface area contributed by atoms with Crippen molar-refractivity contribution in [2.24, 2.45) is 17.8 Å². The number of benzene rings is 1. The molecule has 338 valence electrons. The highest BCUT2D eigenvalue weighted by atomic mass is 32.2. The first kappa shape index (κ1) is 49.3. The van der Waals surface area contributed by atoms with Crippen molar-refractivity contribution in [2.45, 2.75) is 154 Å². The van der Waals surface area contributed by atoms with Gasteiger partial charge in [-0.3, -0.25) is 14.3 Å². The Kier molecular flexibility index (Phi) is 17.8. The number of aliphatic hydroxyl groups is 1. The number of nitrogens with zero attached hydrogens (tertiary/aromatic N) is 5. The molecule has 60 heavy (non-hydrogen) atoms. The Morgan fingerprint density at radius 2 is 1.80 bits per heavy atom. The van der Waals surface area contributed by atoms with Crippen LogP contribution >= 0.6 is 12.1 Å². The maximum absolute atomic E-state index is 14.2. The van der Waals surface area contributed by atoms with Crippen molar-refractivity contribution >= 4 is 35.7 Å². The average Bonchev–Trinajstić information content (AvgIpc) is 3.78. The van der Waals surface area contributed by atoms with Gasteiger partial charge in [0.2, 0.25) is 0 Å². The summed E-state index contributed by atoms with van der Waals surface area (Å²) in [5, 5.41) is 20.0. The predicted molar refractivity (Wildman–Crippen MR) is 228 cm³/mol. The van der Waals surface area contributed by atoms with Gasteiger partial charge in [-0.25, -0.2) is 4.79 Å². The summed E-state index contributed by atoms with van der Waals surface area (Å²) in [7, 11) is 5.40. The van der Waals surface area contributed by atoms with E-state index in [1.54, 1.807) is 30.5 Å². The third-order valence-electron chi connectivity index (χ3n) is 12.7. The van der Waals surface area contributed by atoms with E-state index in [0.29, 0.717) is 57.3 Å². The standard InChI is InChI=1S/C42H66N6O9.CH3FS/c1-11-33-42(7)36(48(40(52)57-42)21-13-12-20-47-24-31(44-45-47)29-17-14-18-30(43)23-29)25(2)16-15-19-41(6,53-10)37(27(4)34(49)28(5)38(51)55-33)56-39-35(50)32(46(8)9)22-26(3)54-39;1-3-2/h14,17-18,23-28,32-33,35-37,39,50H,11-13,15-16,19-22,43H2,1-10H3;1H3/t25-,26?,27-,28+,32?,33+,35?,36+,37+,39-,41+,42+;/m0./s1. The number of hydrogen-bond acceptors (Lipinski definition) is 14. The predicted octanol–water partition coefficient (Wildman–Crippen LogP) is 6.32. The van der Waals surface area contributed by atoms with Crippen molar-refractivity contribution in [1.29, 1.82) is 0 Å². The van der Waals surface area contributed by atoms with E-state index in [2.05, 4.69) is 17.2 Å². The second-order valence-electron chi connectivity index (χ2n) is 17.3. The first-order chi connectivity index (χ1) is 28.3. The summed E-state index contributed by atoms with van der Waals surface area (Å²) in [5.41, 5.74) is 6.06. The lowest BCUT2D eigenvalue weighted by atomic mass is 9.76. The largest absolute Gasteiger partial charge is 0.458 e. The quantitative estimate of drug-likeness (QED) is 0.111. The minimum absolute atomic E-state index is 0.0736. The van der Waals surface area contributed by atoms with E-state index in [1.165, 1.54) is 6.26 Å². The number of carbonyl (C=O) groups is 3. The van der Waals surface area contributed by atoms with Crippen molar-refractivity contribution in [1.82, 2.24) is 24.8 Å². The Labute approximate surface area is 359 Å². The van der Waals surface area contributed by atoms with Gasteiger partial charge in [0.15, 0.2) is 17.7 Å². The number of unbranched alkanes of at least 4 members (excludes halogenated alkanes) is 1. The van der Waals surface area contributed by atoms with Gasteiger partial charge in [-0.2, -0.15) is 3.89 Å². The molecule has 1 amide bonds. The monoisotopic (exact) mass is 864 g/mol. The molecule has 0 saturated carbocycles. The molecule has 0 bridgehead atoms. The van der Waals surface area contributed by atoms with Gasteiger partial charge in [-0.05, 0) is 98.4 Å². The minimum Gasteiger partial charge on any atom is -0.458 e. The number of amides is 1. The highest BCUT2D eigenvalue weighted by Crippen LogP contribution is 2.43. The van der Waals surface area contributed by atoms with Crippen LogP contribution in [0.5, 0.6) is 0 Å². The SMILES string of the molecule is CC[C@H]1OC(=O)[C@H](C)C(=O)[C@H](C)[C@@H](O[C@@H]2OC(C)CC(N(C)C)C2O)[C@](C)(OC)CCC[C@H](C)[C@H]2N(CCCCn3cc(-c4cccc(N)c4)nn3)C(=O)O[C@]12C.CSF. The van der Waals surface area contributed by atoms with Gasteiger partial charge in [0.25, 0.3) is 0 Å². The van der Waals surface area contributed by atoms with Crippen molar-refractivity contribution in [3.8, 4) is 11.3 Å². The van der Waals surface area contributed by atoms with Crippen LogP contribution < -0.4 is 5.73 Å². The molecule has 1 aromatic heterocycles. The molecule has 3 fully saturated rings. The summed E-state index contributed by atoms with van der Waals surface area (Å²) in [6.45, 7) is 14.0. The molecule has 2 aromatic rings. The first-order valence-electron chi connectivity index (χ1n) is 21.2. The summed E-state index contributed by atoms with van der Waals surface area (Å²) in [4.78, 5) is 45.7. The van der Waals surface area contributed by atoms with Crippen molar-refractivity contribution in [2.75, 3.05) is 39.7 Å². The van der Waals surface area contributed by atoms with Crippen LogP contribution in [0, 0.1) is 17.8 Å². The van der Waals surface area contributed by atoms with Crippen LogP contribution in [0.3, 0.4) is 0 Å². The van der Waals surface area contributed by atoms with Gasteiger partial charge in [-0.15, -0.1) is 5.10 Å². The number of ketones is 1. The van der Waals surface area contributed by atoms with Crippen LogP contribution in [0.25, 0.3) is 11.3 Å². The number of nitrogen functional groups attached to an aromatic ring is 1. The number of fused-ring (bicyclic) bond motifs is 1. The Balaban J connectivity index is 0.00000257. The maximum Gasteiger partial charge on any atom is 0.410 e. The molecule has 5 rings (SSSR count). The number of aliphatic hydroxyl groups excluding tert-OH is 1. The summed E-state index contributed by atoms with van der Waals surface area (Å²) >= 11 is 0.250. The first-order valence-corrected chi connectivity index (χ1v) is 22.3. The van der Waals surface area contributed by atoms with Crippen molar-refractivity contribution in [3.05, 3.63) is 30.5 Å². The fraction of sp³-hybridized carbons (Fsp3) is 0.744. The van der Waals surface area contributed by atoms with Crippen LogP contribution in [0.1, 0.15) is 93.4 Å². The smallest absolute Gasteiger partial charge is 0.410 e. The minimum atomic E-state index is -1.16. The third-order valence-corrected chi connectivity index (χ3v) is 12.7. The van der Waals surface area contributed by atoms with Crippen LogP contribution in [0.4, 0.5) is 14.4 Å². The number of aryl methyl sites for hydroxylation is 1. The van der Waals surface area contributed by atoms with E-state index >= 15 is 0 Å². The molecule has 3 aliphatic rings. The highest BCUT2D eigenvalue weighted by molar-refractivity contribution is 7.93. The molecular formula is C43H69FN6O9S. The molecule has 17 heteroatoms. The number of halogens is 1. The molecule has 0 radical (unpaired) electrons. The lowest BCUT2D eigenvalue weighted by molar-refractivity contribution is -0.294. The van der Waals surface area contributed by atoms with Crippen LogP contribution in [-0.2, 0) is 39.8 Å². The number of likely N-dealkylation sites (N-methyl/N-ethyl adjacent to an activating group) is 1. The number of rotatable bonds is 11. The molecule has 0 aliphatic carbocycles. The van der Waals surface area contributed by atoms with Gasteiger partial charge in [-0.1, -0.05) is 44.5 Å². The van der Waals surface area contributed by atoms with E-state index in [-0.39, 0.29) is 36.0 Å². The Hall–Kier alpha value is -3.35.